The van der Waals surface area contributed by atoms with Crippen LogP contribution in [0.1, 0.15) is 47.0 Å². The van der Waals surface area contributed by atoms with Crippen molar-refractivity contribution >= 4 is 0 Å². The second kappa shape index (κ2) is 6.58. The Balaban J connectivity index is 3.60. The quantitative estimate of drug-likeness (QED) is 0.656. The Kier molecular flexibility index (Phi) is 6.53. The van der Waals surface area contributed by atoms with Gasteiger partial charge in [-0.2, -0.15) is 0 Å². The molecule has 0 radical (unpaired) electrons. The maximum Gasteiger partial charge on any atom is 0.0741 e. The van der Waals surface area contributed by atoms with Crippen molar-refractivity contribution in [3.63, 3.8) is 0 Å². The van der Waals surface area contributed by atoms with E-state index in [-0.39, 0.29) is 0 Å². The Labute approximate surface area is 101 Å². The maximum absolute atomic E-state index is 9.74. The average molecular weight is 230 g/mol. The third-order valence-corrected chi connectivity index (χ3v) is 2.69. The normalized spacial score (nSPS) is 16.5. The topological polar surface area (TPSA) is 49.5 Å². The monoisotopic (exact) mass is 230 g/mol. The number of nitrogens with two attached hydrogens (primary N) is 1. The smallest absolute Gasteiger partial charge is 0.0741 e. The molecule has 0 saturated heterocycles. The molecule has 98 valence electrons. The summed E-state index contributed by atoms with van der Waals surface area (Å²) in [4.78, 5) is 2.36. The molecule has 0 rings (SSSR count). The predicted octanol–water partition coefficient (Wildman–Crippen LogP) is 1.84. The second-order valence-electron chi connectivity index (χ2n) is 6.46. The van der Waals surface area contributed by atoms with Crippen molar-refractivity contribution in [1.82, 2.24) is 4.90 Å². The lowest BCUT2D eigenvalue weighted by Crippen LogP contribution is -2.34. The van der Waals surface area contributed by atoms with E-state index in [1.807, 2.05) is 6.92 Å². The van der Waals surface area contributed by atoms with Crippen molar-refractivity contribution < 1.29 is 5.11 Å². The van der Waals surface area contributed by atoms with Crippen molar-refractivity contribution in [1.29, 1.82) is 0 Å². The first-order valence-electron chi connectivity index (χ1n) is 6.27. The molecule has 0 saturated carbocycles. The summed E-state index contributed by atoms with van der Waals surface area (Å²) in [5.41, 5.74) is 5.15. The first-order chi connectivity index (χ1) is 7.16. The van der Waals surface area contributed by atoms with Crippen LogP contribution < -0.4 is 5.73 Å². The molecule has 3 heteroatoms. The molecule has 0 heterocycles. The fraction of sp³-hybridized carbons (Fsp3) is 1.00. The summed E-state index contributed by atoms with van der Waals surface area (Å²) in [7, 11) is 2.16. The van der Waals surface area contributed by atoms with Crippen LogP contribution in [-0.2, 0) is 0 Å². The van der Waals surface area contributed by atoms with Crippen molar-refractivity contribution in [3.05, 3.63) is 0 Å². The van der Waals surface area contributed by atoms with Crippen LogP contribution in [0.5, 0.6) is 0 Å². The van der Waals surface area contributed by atoms with E-state index in [4.69, 9.17) is 5.73 Å². The molecule has 0 aliphatic carbocycles. The van der Waals surface area contributed by atoms with Gasteiger partial charge in [0.2, 0.25) is 0 Å². The molecule has 16 heavy (non-hydrogen) atoms. The second-order valence-corrected chi connectivity index (χ2v) is 6.46. The molecule has 0 amide bonds. The van der Waals surface area contributed by atoms with Crippen LogP contribution in [0.4, 0.5) is 0 Å². The molecule has 0 bridgehead atoms. The van der Waals surface area contributed by atoms with Crippen LogP contribution in [0.3, 0.4) is 0 Å². The summed E-state index contributed by atoms with van der Waals surface area (Å²) in [5.74, 6) is 0. The van der Waals surface area contributed by atoms with E-state index in [9.17, 15) is 5.11 Å². The third-order valence-electron chi connectivity index (χ3n) is 2.69. The van der Waals surface area contributed by atoms with Gasteiger partial charge in [0.1, 0.15) is 0 Å². The molecule has 0 aromatic rings. The molecule has 0 fully saturated rings. The number of nitrogens with zero attached hydrogens (tertiary/aromatic N) is 1. The van der Waals surface area contributed by atoms with Gasteiger partial charge in [0, 0.05) is 13.1 Å². The van der Waals surface area contributed by atoms with Crippen LogP contribution in [0.25, 0.3) is 0 Å². The van der Waals surface area contributed by atoms with Gasteiger partial charge in [0.25, 0.3) is 0 Å². The molecule has 3 nitrogen and oxygen atoms in total. The van der Waals surface area contributed by atoms with Gasteiger partial charge in [-0.15, -0.1) is 0 Å². The van der Waals surface area contributed by atoms with E-state index in [0.29, 0.717) is 12.0 Å². The lowest BCUT2D eigenvalue weighted by atomic mass is 9.96. The SMILES string of the molecule is CN(CCCCC(C)(O)CN)CC(C)(C)C. The highest BCUT2D eigenvalue weighted by atomic mass is 16.3. The molecular formula is C13H30N2O. The number of rotatable bonds is 7. The zero-order chi connectivity index (χ0) is 12.8. The molecule has 1 atom stereocenters. The van der Waals surface area contributed by atoms with Gasteiger partial charge in [-0.05, 0) is 45.2 Å². The average Bonchev–Trinajstić information content (AvgIpc) is 2.10. The third kappa shape index (κ3) is 9.13. The van der Waals surface area contributed by atoms with Gasteiger partial charge in [-0.25, -0.2) is 0 Å². The molecule has 1 unspecified atom stereocenters. The molecule has 0 aromatic heterocycles. The first kappa shape index (κ1) is 15.9. The lowest BCUT2D eigenvalue weighted by molar-refractivity contribution is 0.0563. The van der Waals surface area contributed by atoms with Crippen molar-refractivity contribution in [2.24, 2.45) is 11.1 Å². The highest BCUT2D eigenvalue weighted by molar-refractivity contribution is 4.73. The predicted molar refractivity (Wildman–Crippen MR) is 70.5 cm³/mol. The van der Waals surface area contributed by atoms with Crippen LogP contribution in [0.15, 0.2) is 0 Å². The Hall–Kier alpha value is -0.120. The van der Waals surface area contributed by atoms with Crippen LogP contribution in [0.2, 0.25) is 0 Å². The van der Waals surface area contributed by atoms with Crippen molar-refractivity contribution in [2.45, 2.75) is 52.6 Å². The molecule has 3 N–H and O–H groups in total. The number of aliphatic hydroxyl groups is 1. The van der Waals surface area contributed by atoms with E-state index in [1.54, 1.807) is 0 Å². The minimum atomic E-state index is -0.678. The highest BCUT2D eigenvalue weighted by Crippen LogP contribution is 2.15. The van der Waals surface area contributed by atoms with E-state index >= 15 is 0 Å². The molecule has 0 spiro atoms. The number of hydrogen-bond acceptors (Lipinski definition) is 3. The summed E-state index contributed by atoms with van der Waals surface area (Å²) < 4.78 is 0. The standard InChI is InChI=1S/C13H30N2O/c1-12(2,3)11-15(5)9-7-6-8-13(4,16)10-14/h16H,6-11,14H2,1-5H3. The largest absolute Gasteiger partial charge is 0.389 e. The van der Waals surface area contributed by atoms with E-state index in [1.165, 1.54) is 0 Å². The maximum atomic E-state index is 9.74. The summed E-state index contributed by atoms with van der Waals surface area (Å²) in [6.45, 7) is 11.1. The molecular weight excluding hydrogens is 200 g/mol. The summed E-state index contributed by atoms with van der Waals surface area (Å²) in [6.07, 6.45) is 2.97. The highest BCUT2D eigenvalue weighted by Gasteiger charge is 2.17. The van der Waals surface area contributed by atoms with Gasteiger partial charge in [0.15, 0.2) is 0 Å². The zero-order valence-electron chi connectivity index (χ0n) is 11.7. The minimum absolute atomic E-state index is 0.352. The summed E-state index contributed by atoms with van der Waals surface area (Å²) in [6, 6.07) is 0. The fourth-order valence-electron chi connectivity index (χ4n) is 1.88. The number of hydrogen-bond donors (Lipinski definition) is 2. The van der Waals surface area contributed by atoms with Crippen LogP contribution in [-0.4, -0.2) is 42.3 Å². The Morgan fingerprint density at radius 2 is 1.69 bits per heavy atom. The first-order valence-corrected chi connectivity index (χ1v) is 6.27. The Bertz CT molecular complexity index is 185. The van der Waals surface area contributed by atoms with Crippen molar-refractivity contribution in [3.8, 4) is 0 Å². The zero-order valence-corrected chi connectivity index (χ0v) is 11.7. The lowest BCUT2D eigenvalue weighted by Gasteiger charge is -2.27. The van der Waals surface area contributed by atoms with Gasteiger partial charge in [-0.3, -0.25) is 0 Å². The van der Waals surface area contributed by atoms with E-state index in [0.717, 1.165) is 32.4 Å². The van der Waals surface area contributed by atoms with Gasteiger partial charge < -0.3 is 15.7 Å². The van der Waals surface area contributed by atoms with Gasteiger partial charge >= 0.3 is 0 Å². The number of unbranched alkanes of at least 4 members (excludes halogenated alkanes) is 1. The molecule has 0 aromatic carbocycles. The van der Waals surface area contributed by atoms with Crippen LogP contribution >= 0.6 is 0 Å². The Morgan fingerprint density at radius 1 is 1.12 bits per heavy atom. The molecule has 0 aliphatic rings. The minimum Gasteiger partial charge on any atom is -0.389 e. The van der Waals surface area contributed by atoms with Crippen molar-refractivity contribution in [2.75, 3.05) is 26.7 Å². The fourth-order valence-corrected chi connectivity index (χ4v) is 1.88. The van der Waals surface area contributed by atoms with E-state index < -0.39 is 5.60 Å². The summed E-state index contributed by atoms with van der Waals surface area (Å²) in [5, 5.41) is 9.74. The van der Waals surface area contributed by atoms with Crippen LogP contribution in [0, 0.1) is 5.41 Å². The summed E-state index contributed by atoms with van der Waals surface area (Å²) >= 11 is 0. The van der Waals surface area contributed by atoms with Gasteiger partial charge in [-0.1, -0.05) is 20.8 Å². The molecule has 0 aliphatic heterocycles. The van der Waals surface area contributed by atoms with E-state index in [2.05, 4.69) is 32.7 Å². The van der Waals surface area contributed by atoms with Gasteiger partial charge in [0.05, 0.1) is 5.60 Å². The Morgan fingerprint density at radius 3 is 2.12 bits per heavy atom.